The molecule has 15 nitrogen and oxygen atoms in total. The van der Waals surface area contributed by atoms with Crippen molar-refractivity contribution in [3.05, 3.63) is 24.2 Å². The smallest absolute Gasteiger partial charge is 0.342 e. The molecule has 0 amide bonds. The highest BCUT2D eigenvalue weighted by Crippen LogP contribution is 2.45. The third-order valence-corrected chi connectivity index (χ3v) is 7.77. The zero-order valence-electron chi connectivity index (χ0n) is 20.4. The van der Waals surface area contributed by atoms with Gasteiger partial charge >= 0.3 is 19.6 Å². The fourth-order valence-corrected chi connectivity index (χ4v) is 5.69. The summed E-state index contributed by atoms with van der Waals surface area (Å²) in [6, 6.07) is 1.09. The van der Waals surface area contributed by atoms with Gasteiger partial charge in [-0.1, -0.05) is 0 Å². The van der Waals surface area contributed by atoms with E-state index in [0.717, 1.165) is 14.2 Å². The predicted molar refractivity (Wildman–Crippen MR) is 124 cm³/mol. The molecule has 1 aliphatic rings. The number of aromatic nitrogens is 3. The summed E-state index contributed by atoms with van der Waals surface area (Å²) in [7, 11) is -1.83. The van der Waals surface area contributed by atoms with Gasteiger partial charge in [-0.25, -0.2) is 19.7 Å². The first-order chi connectivity index (χ1) is 16.9. The molecular formula is C20H31N6O9P. The topological polar surface area (TPSA) is 209 Å². The molecule has 0 aromatic carbocycles. The van der Waals surface area contributed by atoms with E-state index in [4.69, 9.17) is 15.0 Å². The molecule has 1 fully saturated rings. The summed E-state index contributed by atoms with van der Waals surface area (Å²) in [6.45, 7) is 3.72. The van der Waals surface area contributed by atoms with Crippen molar-refractivity contribution in [3.63, 3.8) is 0 Å². The Labute approximate surface area is 206 Å². The lowest BCUT2D eigenvalue weighted by Crippen LogP contribution is -2.47. The summed E-state index contributed by atoms with van der Waals surface area (Å²) < 4.78 is 35.9. The molecule has 1 aliphatic heterocycles. The van der Waals surface area contributed by atoms with Crippen molar-refractivity contribution in [2.45, 2.75) is 56.8 Å². The average Bonchev–Trinajstić information content (AvgIpc) is 3.37. The second-order valence-electron chi connectivity index (χ2n) is 8.56. The number of hydrogen-bond donors (Lipinski definition) is 5. The lowest BCUT2D eigenvalue weighted by atomic mass is 9.97. The maximum absolute atomic E-state index is 13.6. The Morgan fingerprint density at radius 3 is 2.36 bits per heavy atom. The quantitative estimate of drug-likeness (QED) is 0.190. The molecule has 0 aliphatic carbocycles. The molecule has 0 saturated carbocycles. The van der Waals surface area contributed by atoms with Crippen LogP contribution in [-0.2, 0) is 32.9 Å². The molecule has 16 heteroatoms. The van der Waals surface area contributed by atoms with Gasteiger partial charge in [-0.05, 0) is 32.9 Å². The summed E-state index contributed by atoms with van der Waals surface area (Å²) in [6.07, 6.45) is -2.69. The van der Waals surface area contributed by atoms with Crippen molar-refractivity contribution in [2.24, 2.45) is 0 Å². The van der Waals surface area contributed by atoms with Crippen molar-refractivity contribution < 1.29 is 43.1 Å². The Balaban J connectivity index is 1.83. The van der Waals surface area contributed by atoms with E-state index in [0.29, 0.717) is 11.2 Å². The molecule has 0 bridgehead atoms. The minimum absolute atomic E-state index is 0.216. The zero-order valence-corrected chi connectivity index (χ0v) is 21.3. The van der Waals surface area contributed by atoms with Gasteiger partial charge in [-0.15, -0.1) is 0 Å². The van der Waals surface area contributed by atoms with Gasteiger partial charge in [0, 0.05) is 0 Å². The highest BCUT2D eigenvalue weighted by atomic mass is 31.2. The molecule has 3 rings (SSSR count). The first-order valence-corrected chi connectivity index (χ1v) is 12.6. The Bertz CT molecular complexity index is 1130. The number of anilines is 1. The summed E-state index contributed by atoms with van der Waals surface area (Å²) in [4.78, 5) is 27.7. The Hall–Kier alpha value is -2.65. The van der Waals surface area contributed by atoms with Crippen molar-refractivity contribution in [2.75, 3.05) is 26.6 Å². The molecule has 6 atom stereocenters. The molecule has 0 unspecified atom stereocenters. The van der Waals surface area contributed by atoms with Crippen LogP contribution >= 0.6 is 7.67 Å². The second-order valence-corrected chi connectivity index (χ2v) is 10.4. The molecule has 3 heterocycles. The van der Waals surface area contributed by atoms with Crippen molar-refractivity contribution in [1.29, 1.82) is 0 Å². The van der Waals surface area contributed by atoms with E-state index in [2.05, 4.69) is 29.7 Å². The fourth-order valence-electron chi connectivity index (χ4n) is 3.80. The number of ether oxygens (including phenoxy) is 3. The van der Waals surface area contributed by atoms with Crippen LogP contribution in [-0.4, -0.2) is 87.5 Å². The van der Waals surface area contributed by atoms with Crippen LogP contribution in [0.3, 0.4) is 0 Å². The van der Waals surface area contributed by atoms with Gasteiger partial charge in [0.25, 0.3) is 0 Å². The van der Waals surface area contributed by atoms with Gasteiger partial charge in [-0.3, -0.25) is 14.2 Å². The standard InChI is InChI=1S/C20H31N6O9P/c1-10(18(29)32-4)24-36(31,25-11(2)19(30)33-5)34-8-20(3)16(28)14(27)15(35-20)12-6-7-13-17(21)22-9-23-26(12)13/h6-7,9-11,14-16,27-28H,8H2,1-5H3,(H2,21,22,23)(H2,24,25,31)/t10-,11-,14-,15-,16-,20+/m0/s1. The van der Waals surface area contributed by atoms with Crippen LogP contribution in [0.15, 0.2) is 18.5 Å². The molecule has 36 heavy (non-hydrogen) atoms. The zero-order chi connectivity index (χ0) is 26.8. The Kier molecular flexibility index (Phi) is 8.35. The molecule has 200 valence electrons. The van der Waals surface area contributed by atoms with Crippen LogP contribution in [0, 0.1) is 0 Å². The van der Waals surface area contributed by atoms with Crippen molar-refractivity contribution >= 4 is 30.9 Å². The van der Waals surface area contributed by atoms with E-state index in [9.17, 15) is 24.4 Å². The average molecular weight is 530 g/mol. The SMILES string of the molecule is COC(=O)[C@H](C)NP(=O)(N[C@@H](C)C(=O)OC)OC[C@@]1(C)O[C@@H](c2ccc3c(N)ncnn23)[C@H](O)[C@@H]1O. The summed E-state index contributed by atoms with van der Waals surface area (Å²) >= 11 is 0. The number of nitrogens with zero attached hydrogens (tertiary/aromatic N) is 3. The van der Waals surface area contributed by atoms with E-state index in [1.165, 1.54) is 31.6 Å². The number of esters is 2. The number of methoxy groups -OCH3 is 2. The van der Waals surface area contributed by atoms with E-state index in [-0.39, 0.29) is 5.82 Å². The van der Waals surface area contributed by atoms with Crippen LogP contribution in [0.2, 0.25) is 0 Å². The first kappa shape index (κ1) is 27.9. The highest BCUT2D eigenvalue weighted by molar-refractivity contribution is 7.54. The number of carbonyl (C=O) groups excluding carboxylic acids is 2. The Morgan fingerprint density at radius 2 is 1.81 bits per heavy atom. The van der Waals surface area contributed by atoms with Crippen LogP contribution in [0.1, 0.15) is 32.6 Å². The monoisotopic (exact) mass is 530 g/mol. The summed E-state index contributed by atoms with van der Waals surface area (Å²) in [5.74, 6) is -1.24. The van der Waals surface area contributed by atoms with Crippen LogP contribution < -0.4 is 15.9 Å². The summed E-state index contributed by atoms with van der Waals surface area (Å²) in [5, 5.41) is 30.7. The van der Waals surface area contributed by atoms with Crippen LogP contribution in [0.5, 0.6) is 0 Å². The maximum Gasteiger partial charge on any atom is 0.342 e. The lowest BCUT2D eigenvalue weighted by Gasteiger charge is -2.31. The van der Waals surface area contributed by atoms with Gasteiger partial charge in [0.15, 0.2) is 5.82 Å². The largest absolute Gasteiger partial charge is 0.468 e. The normalized spacial score (nSPS) is 26.0. The third kappa shape index (κ3) is 5.52. The van der Waals surface area contributed by atoms with Gasteiger partial charge in [0.05, 0.1) is 26.5 Å². The number of nitrogens with two attached hydrogens (primary N) is 1. The number of aliphatic hydroxyl groups excluding tert-OH is 2. The second kappa shape index (κ2) is 10.8. The summed E-state index contributed by atoms with van der Waals surface area (Å²) in [5.41, 5.74) is 5.18. The Morgan fingerprint density at radius 1 is 1.22 bits per heavy atom. The molecule has 2 aromatic heterocycles. The minimum atomic E-state index is -4.15. The molecule has 6 N–H and O–H groups in total. The highest BCUT2D eigenvalue weighted by Gasteiger charge is 2.53. The van der Waals surface area contributed by atoms with Crippen LogP contribution in [0.4, 0.5) is 5.82 Å². The van der Waals surface area contributed by atoms with Gasteiger partial charge in [0.1, 0.15) is 47.8 Å². The van der Waals surface area contributed by atoms with Gasteiger partial charge in [-0.2, -0.15) is 5.10 Å². The van der Waals surface area contributed by atoms with E-state index in [1.54, 1.807) is 12.1 Å². The van der Waals surface area contributed by atoms with E-state index in [1.807, 2.05) is 0 Å². The number of carbonyl (C=O) groups is 2. The first-order valence-electron chi connectivity index (χ1n) is 10.9. The lowest BCUT2D eigenvalue weighted by molar-refractivity contribution is -0.142. The van der Waals surface area contributed by atoms with Crippen molar-refractivity contribution in [1.82, 2.24) is 24.8 Å². The third-order valence-electron chi connectivity index (χ3n) is 5.83. The number of nitrogens with one attached hydrogen (secondary N) is 2. The van der Waals surface area contributed by atoms with Crippen molar-refractivity contribution in [3.8, 4) is 0 Å². The molecule has 1 saturated heterocycles. The molecule has 0 radical (unpaired) electrons. The fraction of sp³-hybridized carbons (Fsp3) is 0.600. The van der Waals surface area contributed by atoms with Gasteiger partial charge < -0.3 is 34.7 Å². The number of hydrogen-bond acceptors (Lipinski definition) is 12. The number of aliphatic hydroxyl groups is 2. The van der Waals surface area contributed by atoms with E-state index < -0.39 is 62.2 Å². The number of fused-ring (bicyclic) bond motifs is 1. The van der Waals surface area contributed by atoms with Gasteiger partial charge in [0.2, 0.25) is 0 Å². The maximum atomic E-state index is 13.6. The predicted octanol–water partition coefficient (Wildman–Crippen LogP) is -0.710. The number of rotatable bonds is 10. The minimum Gasteiger partial charge on any atom is -0.468 e. The molecular weight excluding hydrogens is 499 g/mol. The number of nitrogen functional groups attached to an aromatic ring is 1. The molecule has 2 aromatic rings. The molecule has 0 spiro atoms. The van der Waals surface area contributed by atoms with Crippen LogP contribution in [0.25, 0.3) is 5.52 Å². The van der Waals surface area contributed by atoms with E-state index >= 15 is 0 Å².